The van der Waals surface area contributed by atoms with Gasteiger partial charge in [-0.05, 0) is 37.8 Å². The van der Waals surface area contributed by atoms with Gasteiger partial charge in [-0.2, -0.15) is 4.31 Å². The number of halogens is 3. The van der Waals surface area contributed by atoms with E-state index in [-0.39, 0.29) is 21.8 Å². The molecule has 0 amide bonds. The van der Waals surface area contributed by atoms with Crippen molar-refractivity contribution in [2.75, 3.05) is 6.54 Å². The average molecular weight is 371 g/mol. The maximum absolute atomic E-state index is 12.9. The fraction of sp³-hybridized carbons (Fsp3) is 0.571. The molecule has 0 radical (unpaired) electrons. The van der Waals surface area contributed by atoms with Gasteiger partial charge >= 0.3 is 0 Å². The summed E-state index contributed by atoms with van der Waals surface area (Å²) in [6.45, 7) is 4.50. The highest BCUT2D eigenvalue weighted by Gasteiger charge is 2.35. The lowest BCUT2D eigenvalue weighted by Crippen LogP contribution is -2.44. The molecular weight excluding hydrogens is 353 g/mol. The largest absolute Gasteiger partial charge is 0.244 e. The minimum atomic E-state index is -3.64. The van der Waals surface area contributed by atoms with Crippen molar-refractivity contribution in [1.82, 2.24) is 4.31 Å². The van der Waals surface area contributed by atoms with Crippen LogP contribution in [-0.4, -0.2) is 25.3 Å². The van der Waals surface area contributed by atoms with E-state index in [1.807, 2.05) is 6.92 Å². The third kappa shape index (κ3) is 3.35. The van der Waals surface area contributed by atoms with Crippen molar-refractivity contribution >= 4 is 44.8 Å². The molecule has 0 spiro atoms. The highest BCUT2D eigenvalue weighted by molar-refractivity contribution is 7.89. The number of alkyl halides is 1. The van der Waals surface area contributed by atoms with Crippen LogP contribution in [0.15, 0.2) is 17.0 Å². The van der Waals surface area contributed by atoms with Crippen molar-refractivity contribution in [3.63, 3.8) is 0 Å². The number of nitrogens with zero attached hydrogens (tertiary/aromatic N) is 1. The fourth-order valence-electron chi connectivity index (χ4n) is 2.61. The van der Waals surface area contributed by atoms with Crippen LogP contribution in [0.3, 0.4) is 0 Å². The zero-order valence-electron chi connectivity index (χ0n) is 11.9. The van der Waals surface area contributed by atoms with Gasteiger partial charge in [-0.25, -0.2) is 8.42 Å². The number of piperidine rings is 1. The molecule has 2 atom stereocenters. The summed E-state index contributed by atoms with van der Waals surface area (Å²) >= 11 is 18.1. The predicted octanol–water partition coefficient (Wildman–Crippen LogP) is 4.54. The molecule has 1 fully saturated rings. The van der Waals surface area contributed by atoms with E-state index < -0.39 is 10.0 Å². The fourth-order valence-corrected chi connectivity index (χ4v) is 5.69. The molecule has 3 nitrogen and oxygen atoms in total. The van der Waals surface area contributed by atoms with E-state index in [1.54, 1.807) is 0 Å². The second-order valence-corrected chi connectivity index (χ2v) is 8.49. The lowest BCUT2D eigenvalue weighted by molar-refractivity contribution is 0.218. The Bertz CT molecular complexity index is 633. The van der Waals surface area contributed by atoms with E-state index in [2.05, 4.69) is 6.92 Å². The Hall–Kier alpha value is -0.000000000000000167. The van der Waals surface area contributed by atoms with Gasteiger partial charge in [-0.15, -0.1) is 11.6 Å². The quantitative estimate of drug-likeness (QED) is 0.732. The van der Waals surface area contributed by atoms with Crippen LogP contribution in [0.5, 0.6) is 0 Å². The Labute approximate surface area is 141 Å². The minimum absolute atomic E-state index is 0.0302. The van der Waals surface area contributed by atoms with Gasteiger partial charge in [0.15, 0.2) is 0 Å². The third-order valence-corrected chi connectivity index (χ3v) is 7.12. The van der Waals surface area contributed by atoms with Gasteiger partial charge in [0.1, 0.15) is 4.90 Å². The number of benzene rings is 1. The monoisotopic (exact) mass is 369 g/mol. The Morgan fingerprint density at radius 3 is 2.52 bits per heavy atom. The minimum Gasteiger partial charge on any atom is -0.207 e. The molecule has 2 rings (SSSR count). The van der Waals surface area contributed by atoms with Crippen molar-refractivity contribution in [1.29, 1.82) is 0 Å². The summed E-state index contributed by atoms with van der Waals surface area (Å²) in [5.41, 5.74) is 0.457. The molecule has 1 heterocycles. The van der Waals surface area contributed by atoms with E-state index >= 15 is 0 Å². The summed E-state index contributed by atoms with van der Waals surface area (Å²) in [5, 5.41) is 0.511. The van der Waals surface area contributed by atoms with E-state index in [9.17, 15) is 8.42 Å². The second-order valence-electron chi connectivity index (χ2n) is 5.58. The Kier molecular flexibility index (Phi) is 5.48. The van der Waals surface area contributed by atoms with Crippen molar-refractivity contribution in [3.8, 4) is 0 Å². The standard InChI is InChI=1S/C14H18Cl3NO2S/c1-9-3-4-10(2)18(8-9)21(19,20)13-6-5-12(16)11(7-15)14(13)17/h5-6,9-10H,3-4,7-8H2,1-2H3. The highest BCUT2D eigenvalue weighted by Crippen LogP contribution is 2.36. The lowest BCUT2D eigenvalue weighted by Gasteiger charge is -2.35. The lowest BCUT2D eigenvalue weighted by atomic mass is 9.97. The van der Waals surface area contributed by atoms with Gasteiger partial charge in [0.25, 0.3) is 0 Å². The van der Waals surface area contributed by atoms with E-state index in [4.69, 9.17) is 34.8 Å². The van der Waals surface area contributed by atoms with Crippen LogP contribution in [0.25, 0.3) is 0 Å². The molecular formula is C14H18Cl3NO2S. The molecule has 0 aromatic heterocycles. The molecule has 0 saturated carbocycles. The number of hydrogen-bond acceptors (Lipinski definition) is 2. The van der Waals surface area contributed by atoms with Crippen LogP contribution in [0, 0.1) is 5.92 Å². The van der Waals surface area contributed by atoms with Gasteiger partial charge in [0.05, 0.1) is 10.9 Å². The van der Waals surface area contributed by atoms with E-state index in [0.29, 0.717) is 23.0 Å². The summed E-state index contributed by atoms with van der Waals surface area (Å²) < 4.78 is 27.3. The summed E-state index contributed by atoms with van der Waals surface area (Å²) in [6.07, 6.45) is 1.89. The summed E-state index contributed by atoms with van der Waals surface area (Å²) in [5.74, 6) is 0.419. The molecule has 1 saturated heterocycles. The zero-order valence-corrected chi connectivity index (χ0v) is 15.0. The second kappa shape index (κ2) is 6.63. The molecule has 1 aliphatic heterocycles. The van der Waals surface area contributed by atoms with E-state index in [1.165, 1.54) is 16.4 Å². The van der Waals surface area contributed by atoms with Crippen molar-refractivity contribution < 1.29 is 8.42 Å². The van der Waals surface area contributed by atoms with Gasteiger partial charge < -0.3 is 0 Å². The zero-order chi connectivity index (χ0) is 15.8. The first-order valence-corrected chi connectivity index (χ1v) is 9.56. The van der Waals surface area contributed by atoms with Crippen LogP contribution in [0.1, 0.15) is 32.3 Å². The van der Waals surface area contributed by atoms with Crippen LogP contribution >= 0.6 is 34.8 Å². The Morgan fingerprint density at radius 2 is 1.90 bits per heavy atom. The van der Waals surface area contributed by atoms with Gasteiger partial charge in [-0.3, -0.25) is 0 Å². The molecule has 2 unspecified atom stereocenters. The number of sulfonamides is 1. The maximum Gasteiger partial charge on any atom is 0.244 e. The van der Waals surface area contributed by atoms with Crippen molar-refractivity contribution in [3.05, 3.63) is 27.7 Å². The summed E-state index contributed by atoms with van der Waals surface area (Å²) in [6, 6.07) is 2.97. The molecule has 21 heavy (non-hydrogen) atoms. The maximum atomic E-state index is 12.9. The molecule has 1 aromatic rings. The summed E-state index contributed by atoms with van der Waals surface area (Å²) in [7, 11) is -3.64. The molecule has 0 N–H and O–H groups in total. The van der Waals surface area contributed by atoms with Crippen molar-refractivity contribution in [2.24, 2.45) is 5.92 Å². The van der Waals surface area contributed by atoms with Gasteiger partial charge in [-0.1, -0.05) is 30.1 Å². The predicted molar refractivity (Wildman–Crippen MR) is 87.8 cm³/mol. The first-order chi connectivity index (χ1) is 9.78. The summed E-state index contributed by atoms with van der Waals surface area (Å²) in [4.78, 5) is 0.0881. The van der Waals surface area contributed by atoms with Crippen LogP contribution in [0.2, 0.25) is 10.0 Å². The Balaban J connectivity index is 2.49. The normalized spacial score (nSPS) is 24.2. The molecule has 0 aliphatic carbocycles. The van der Waals surface area contributed by atoms with Gasteiger partial charge in [0.2, 0.25) is 10.0 Å². The third-order valence-electron chi connectivity index (χ3n) is 3.93. The molecule has 118 valence electrons. The molecule has 1 aliphatic rings. The number of hydrogen-bond donors (Lipinski definition) is 0. The van der Waals surface area contributed by atoms with Gasteiger partial charge in [0, 0.05) is 23.2 Å². The van der Waals surface area contributed by atoms with E-state index in [0.717, 1.165) is 12.8 Å². The first-order valence-electron chi connectivity index (χ1n) is 6.83. The molecule has 7 heteroatoms. The van der Waals surface area contributed by atoms with Crippen molar-refractivity contribution in [2.45, 2.75) is 43.5 Å². The average Bonchev–Trinajstić information content (AvgIpc) is 2.41. The van der Waals surface area contributed by atoms with Crippen LogP contribution in [0.4, 0.5) is 0 Å². The highest BCUT2D eigenvalue weighted by atomic mass is 35.5. The van der Waals surface area contributed by atoms with Crippen LogP contribution in [-0.2, 0) is 15.9 Å². The Morgan fingerprint density at radius 1 is 1.24 bits per heavy atom. The SMILES string of the molecule is CC1CCC(C)N(S(=O)(=O)c2ccc(Cl)c(CCl)c2Cl)C1. The molecule has 1 aromatic carbocycles. The molecule has 0 bridgehead atoms. The number of rotatable bonds is 3. The smallest absolute Gasteiger partial charge is 0.207 e. The first kappa shape index (κ1) is 17.4. The topological polar surface area (TPSA) is 37.4 Å². The van der Waals surface area contributed by atoms with Crippen LogP contribution < -0.4 is 0 Å².